The van der Waals surface area contributed by atoms with Gasteiger partial charge in [-0.25, -0.2) is 9.59 Å². The van der Waals surface area contributed by atoms with Crippen LogP contribution in [0.25, 0.3) is 10.9 Å². The van der Waals surface area contributed by atoms with E-state index < -0.39 is 23.2 Å². The number of hydrogen-bond donors (Lipinski definition) is 2. The summed E-state index contributed by atoms with van der Waals surface area (Å²) in [5, 5.41) is 11.4. The highest BCUT2D eigenvalue weighted by Crippen LogP contribution is 2.49. The van der Waals surface area contributed by atoms with Gasteiger partial charge in [0.05, 0.1) is 6.04 Å². The van der Waals surface area contributed by atoms with E-state index in [2.05, 4.69) is 4.98 Å². The van der Waals surface area contributed by atoms with Crippen molar-refractivity contribution in [3.8, 4) is 0 Å². The van der Waals surface area contributed by atoms with Crippen LogP contribution in [0.3, 0.4) is 0 Å². The SMILES string of the molecule is CC(C)(C)OC(=O)N1[C@@H](C2CCCCC2)c2[nH]c3ccccc3c2C[C@]1(C)C(=O)O. The lowest BCUT2D eigenvalue weighted by molar-refractivity contribution is -0.154. The summed E-state index contributed by atoms with van der Waals surface area (Å²) in [6.45, 7) is 7.12. The van der Waals surface area contributed by atoms with Crippen molar-refractivity contribution >= 4 is 23.0 Å². The van der Waals surface area contributed by atoms with Gasteiger partial charge < -0.3 is 14.8 Å². The minimum absolute atomic E-state index is 0.206. The van der Waals surface area contributed by atoms with Gasteiger partial charge in [0.15, 0.2) is 0 Å². The molecule has 0 bridgehead atoms. The second kappa shape index (κ2) is 7.33. The molecule has 4 rings (SSSR count). The zero-order chi connectivity index (χ0) is 21.7. The average molecular weight is 413 g/mol. The van der Waals surface area contributed by atoms with E-state index in [1.807, 2.05) is 45.0 Å². The molecule has 1 aromatic heterocycles. The number of rotatable bonds is 2. The third-order valence-corrected chi connectivity index (χ3v) is 6.62. The molecule has 0 radical (unpaired) electrons. The van der Waals surface area contributed by atoms with E-state index >= 15 is 0 Å². The Bertz CT molecular complexity index is 967. The first-order valence-electron chi connectivity index (χ1n) is 11.0. The first-order chi connectivity index (χ1) is 14.1. The number of amides is 1. The molecule has 1 aliphatic heterocycles. The van der Waals surface area contributed by atoms with Gasteiger partial charge >= 0.3 is 12.1 Å². The van der Waals surface area contributed by atoms with Gasteiger partial charge in [-0.2, -0.15) is 0 Å². The van der Waals surface area contributed by atoms with Crippen LogP contribution in [0.5, 0.6) is 0 Å². The van der Waals surface area contributed by atoms with Crippen molar-refractivity contribution in [3.63, 3.8) is 0 Å². The number of nitrogens with zero attached hydrogens (tertiary/aromatic N) is 1. The molecule has 1 aliphatic carbocycles. The highest BCUT2D eigenvalue weighted by molar-refractivity contribution is 5.90. The summed E-state index contributed by atoms with van der Waals surface area (Å²) in [4.78, 5) is 31.1. The number of aliphatic carboxylic acids is 1. The Morgan fingerprint density at radius 2 is 1.83 bits per heavy atom. The predicted molar refractivity (Wildman–Crippen MR) is 115 cm³/mol. The molecule has 30 heavy (non-hydrogen) atoms. The lowest BCUT2D eigenvalue weighted by atomic mass is 9.74. The zero-order valence-electron chi connectivity index (χ0n) is 18.3. The van der Waals surface area contributed by atoms with Crippen LogP contribution in [0.15, 0.2) is 24.3 Å². The number of H-pyrrole nitrogens is 1. The third kappa shape index (κ3) is 3.46. The quantitative estimate of drug-likeness (QED) is 0.689. The largest absolute Gasteiger partial charge is 0.479 e. The number of aromatic amines is 1. The monoisotopic (exact) mass is 412 g/mol. The van der Waals surface area contributed by atoms with Gasteiger partial charge in [0.25, 0.3) is 0 Å². The molecule has 1 saturated carbocycles. The smallest absolute Gasteiger partial charge is 0.411 e. The fourth-order valence-electron chi connectivity index (χ4n) is 5.23. The number of fused-ring (bicyclic) bond motifs is 3. The van der Waals surface area contributed by atoms with Crippen molar-refractivity contribution in [2.45, 2.75) is 83.4 Å². The molecule has 0 unspecified atom stereocenters. The molecular formula is C24H32N2O4. The minimum atomic E-state index is -1.37. The van der Waals surface area contributed by atoms with Crippen molar-refractivity contribution < 1.29 is 19.4 Å². The fraction of sp³-hybridized carbons (Fsp3) is 0.583. The van der Waals surface area contributed by atoms with Crippen LogP contribution in [0.1, 0.15) is 77.1 Å². The van der Waals surface area contributed by atoms with Gasteiger partial charge in [-0.3, -0.25) is 4.90 Å². The molecule has 6 nitrogen and oxygen atoms in total. The molecule has 0 spiro atoms. The summed E-state index contributed by atoms with van der Waals surface area (Å²) in [6.07, 6.45) is 5.05. The Kier molecular flexibility index (Phi) is 5.07. The molecule has 1 fully saturated rings. The Morgan fingerprint density at radius 1 is 1.17 bits per heavy atom. The molecule has 1 aromatic carbocycles. The average Bonchev–Trinajstić information content (AvgIpc) is 3.04. The maximum Gasteiger partial charge on any atom is 0.411 e. The number of carbonyl (C=O) groups excluding carboxylic acids is 1. The molecule has 2 aliphatic rings. The summed E-state index contributed by atoms with van der Waals surface area (Å²) in [6, 6.07) is 7.67. The van der Waals surface area contributed by atoms with Gasteiger partial charge in [0.2, 0.25) is 0 Å². The summed E-state index contributed by atoms with van der Waals surface area (Å²) >= 11 is 0. The van der Waals surface area contributed by atoms with Crippen molar-refractivity contribution in [1.29, 1.82) is 0 Å². The highest BCUT2D eigenvalue weighted by atomic mass is 16.6. The Labute approximate surface area is 177 Å². The normalized spacial score (nSPS) is 25.2. The van der Waals surface area contributed by atoms with Gasteiger partial charge in [-0.1, -0.05) is 37.5 Å². The standard InChI is InChI=1S/C24H32N2O4/c1-23(2,3)30-22(29)26-20(15-10-6-5-7-11-15)19-17(14-24(26,4)21(27)28)16-12-8-9-13-18(16)25-19/h8-9,12-13,15,20,25H,5-7,10-11,14H2,1-4H3,(H,27,28)/t20-,24+/m0/s1. The number of nitrogens with one attached hydrogen (secondary N) is 1. The number of carboxylic acids is 1. The van der Waals surface area contributed by atoms with Crippen molar-refractivity contribution in [1.82, 2.24) is 9.88 Å². The number of hydrogen-bond acceptors (Lipinski definition) is 3. The maximum absolute atomic E-state index is 13.4. The van der Waals surface area contributed by atoms with Gasteiger partial charge in [-0.05, 0) is 58.1 Å². The first-order valence-corrected chi connectivity index (χ1v) is 11.0. The number of ether oxygens (including phenoxy) is 1. The summed E-state index contributed by atoms with van der Waals surface area (Å²) in [7, 11) is 0. The van der Waals surface area contributed by atoms with E-state index in [0.717, 1.165) is 47.8 Å². The van der Waals surface area contributed by atoms with Gasteiger partial charge in [0.1, 0.15) is 11.1 Å². The molecule has 2 heterocycles. The minimum Gasteiger partial charge on any atom is -0.479 e. The summed E-state index contributed by atoms with van der Waals surface area (Å²) in [5.74, 6) is -0.790. The maximum atomic E-state index is 13.4. The molecule has 6 heteroatoms. The third-order valence-electron chi connectivity index (χ3n) is 6.62. The predicted octanol–water partition coefficient (Wildman–Crippen LogP) is 5.43. The molecule has 1 amide bonds. The van der Waals surface area contributed by atoms with Crippen LogP contribution < -0.4 is 0 Å². The molecule has 162 valence electrons. The summed E-state index contributed by atoms with van der Waals surface area (Å²) < 4.78 is 5.74. The molecule has 2 N–H and O–H groups in total. The van der Waals surface area contributed by atoms with Crippen LogP contribution in [0, 0.1) is 5.92 Å². The van der Waals surface area contributed by atoms with E-state index in [-0.39, 0.29) is 18.4 Å². The topological polar surface area (TPSA) is 82.6 Å². The van der Waals surface area contributed by atoms with Crippen molar-refractivity contribution in [2.24, 2.45) is 5.92 Å². The van der Waals surface area contributed by atoms with Gasteiger partial charge in [-0.15, -0.1) is 0 Å². The Balaban J connectivity index is 1.91. The second-order valence-corrected chi connectivity index (χ2v) is 10.0. The second-order valence-electron chi connectivity index (χ2n) is 10.0. The highest BCUT2D eigenvalue weighted by Gasteiger charge is 2.54. The summed E-state index contributed by atoms with van der Waals surface area (Å²) in [5.41, 5.74) is 0.914. The molecular weight excluding hydrogens is 380 g/mol. The number of carbonyl (C=O) groups is 2. The lowest BCUT2D eigenvalue weighted by Gasteiger charge is -2.49. The molecule has 2 atom stereocenters. The van der Waals surface area contributed by atoms with E-state index in [0.29, 0.717) is 0 Å². The number of aromatic nitrogens is 1. The van der Waals surface area contributed by atoms with Crippen LogP contribution >= 0.6 is 0 Å². The zero-order valence-corrected chi connectivity index (χ0v) is 18.3. The number of benzene rings is 1. The van der Waals surface area contributed by atoms with Gasteiger partial charge in [0, 0.05) is 23.0 Å². The van der Waals surface area contributed by atoms with E-state index in [1.165, 1.54) is 11.3 Å². The lowest BCUT2D eigenvalue weighted by Crippen LogP contribution is -2.62. The first kappa shape index (κ1) is 20.8. The fourth-order valence-corrected chi connectivity index (χ4v) is 5.23. The van der Waals surface area contributed by atoms with Crippen LogP contribution in [-0.2, 0) is 16.0 Å². The van der Waals surface area contributed by atoms with E-state index in [9.17, 15) is 14.7 Å². The molecule has 2 aromatic rings. The van der Waals surface area contributed by atoms with Crippen molar-refractivity contribution in [3.05, 3.63) is 35.5 Å². The van der Waals surface area contributed by atoms with Crippen molar-refractivity contribution in [2.75, 3.05) is 0 Å². The number of carboxylic acid groups (broad SMARTS) is 1. The Hall–Kier alpha value is -2.50. The Morgan fingerprint density at radius 3 is 2.47 bits per heavy atom. The van der Waals surface area contributed by atoms with E-state index in [4.69, 9.17) is 4.74 Å². The number of para-hydroxylation sites is 1. The van der Waals surface area contributed by atoms with Crippen LogP contribution in [-0.4, -0.2) is 38.2 Å². The van der Waals surface area contributed by atoms with Crippen LogP contribution in [0.2, 0.25) is 0 Å². The van der Waals surface area contributed by atoms with E-state index in [1.54, 1.807) is 6.92 Å². The molecule has 0 saturated heterocycles. The van der Waals surface area contributed by atoms with Crippen LogP contribution in [0.4, 0.5) is 4.79 Å².